The van der Waals surface area contributed by atoms with E-state index >= 15 is 0 Å². The van der Waals surface area contributed by atoms with Gasteiger partial charge in [-0.05, 0) is 59.6 Å². The van der Waals surface area contributed by atoms with Crippen LogP contribution in [0, 0.1) is 0 Å². The minimum Gasteiger partial charge on any atom is -0.487 e. The van der Waals surface area contributed by atoms with Crippen LogP contribution in [0.15, 0.2) is 71.8 Å². The fourth-order valence-corrected chi connectivity index (χ4v) is 4.27. The second-order valence-electron chi connectivity index (χ2n) is 6.95. The zero-order valence-electron chi connectivity index (χ0n) is 16.5. The first-order chi connectivity index (χ1) is 15.5. The number of anilines is 2. The largest absolute Gasteiger partial charge is 0.487 e. The van der Waals surface area contributed by atoms with Gasteiger partial charge in [-0.25, -0.2) is 23.5 Å². The van der Waals surface area contributed by atoms with Crippen LogP contribution >= 0.6 is 11.5 Å². The van der Waals surface area contributed by atoms with E-state index in [1.807, 2.05) is 36.4 Å². The van der Waals surface area contributed by atoms with Crippen molar-refractivity contribution < 1.29 is 13.2 Å². The highest BCUT2D eigenvalue weighted by Gasteiger charge is 2.10. The molecule has 11 heteroatoms. The number of benzene rings is 3. The first-order valence-electron chi connectivity index (χ1n) is 9.45. The van der Waals surface area contributed by atoms with Gasteiger partial charge in [-0.3, -0.25) is 0 Å². The lowest BCUT2D eigenvalue weighted by atomic mass is 10.2. The minimum atomic E-state index is -3.75. The van der Waals surface area contributed by atoms with Crippen LogP contribution in [0.5, 0.6) is 5.75 Å². The molecule has 0 amide bonds. The van der Waals surface area contributed by atoms with Crippen molar-refractivity contribution in [3.8, 4) is 5.75 Å². The molecule has 0 spiro atoms. The lowest BCUT2D eigenvalue weighted by Gasteiger charge is -2.11. The number of sulfonamides is 1. The lowest BCUT2D eigenvalue weighted by molar-refractivity contribution is 0.309. The number of fused-ring (bicyclic) bond motifs is 2. The van der Waals surface area contributed by atoms with Crippen molar-refractivity contribution in [3.63, 3.8) is 0 Å². The van der Waals surface area contributed by atoms with Gasteiger partial charge in [0.2, 0.25) is 16.0 Å². The van der Waals surface area contributed by atoms with Crippen LogP contribution in [0.2, 0.25) is 0 Å². The fourth-order valence-electron chi connectivity index (χ4n) is 3.14. The Hall–Kier alpha value is -3.67. The van der Waals surface area contributed by atoms with Gasteiger partial charge in [-0.15, -0.1) is 5.10 Å². The average Bonchev–Trinajstić information content (AvgIpc) is 3.25. The summed E-state index contributed by atoms with van der Waals surface area (Å²) in [5, 5.41) is 13.1. The predicted molar refractivity (Wildman–Crippen MR) is 122 cm³/mol. The van der Waals surface area contributed by atoms with Gasteiger partial charge in [0.1, 0.15) is 23.4 Å². The van der Waals surface area contributed by atoms with Gasteiger partial charge in [0.15, 0.2) is 0 Å². The molecule has 5 rings (SSSR count). The Labute approximate surface area is 187 Å². The van der Waals surface area contributed by atoms with Gasteiger partial charge < -0.3 is 10.1 Å². The first-order valence-corrected chi connectivity index (χ1v) is 11.8. The maximum atomic E-state index is 11.4. The highest BCUT2D eigenvalue weighted by molar-refractivity contribution is 7.89. The van der Waals surface area contributed by atoms with E-state index in [-0.39, 0.29) is 4.90 Å². The number of nitrogens with one attached hydrogen (secondary N) is 1. The van der Waals surface area contributed by atoms with Crippen LogP contribution in [0.4, 0.5) is 11.6 Å². The Morgan fingerprint density at radius 1 is 1.06 bits per heavy atom. The van der Waals surface area contributed by atoms with Gasteiger partial charge >= 0.3 is 0 Å². The summed E-state index contributed by atoms with van der Waals surface area (Å²) >= 11 is 1.34. The van der Waals surface area contributed by atoms with Crippen LogP contribution in [0.25, 0.3) is 21.1 Å². The predicted octanol–water partition coefficient (Wildman–Crippen LogP) is 3.60. The standard InChI is InChI=1S/C21H16N6O3S2/c22-32(28,29)16-7-5-15(6-8-16)24-21-23-11-14-2-1-3-18(20(14)25-21)30-12-13-4-9-17-19(10-13)31-27-26-17/h1-11H,12H2,(H2,22,28,29)(H,23,24,25). The number of primary sulfonamides is 1. The number of aromatic nitrogens is 4. The SMILES string of the molecule is NS(=O)(=O)c1ccc(Nc2ncc3cccc(OCc4ccc5nnsc5c4)c3n2)cc1. The van der Waals surface area contributed by atoms with E-state index in [2.05, 4.69) is 24.9 Å². The fraction of sp³-hybridized carbons (Fsp3) is 0.0476. The van der Waals surface area contributed by atoms with Crippen LogP contribution < -0.4 is 15.2 Å². The molecule has 3 N–H and O–H groups in total. The Bertz CT molecular complexity index is 1530. The van der Waals surface area contributed by atoms with Crippen LogP contribution in [-0.4, -0.2) is 28.0 Å². The molecule has 3 aromatic carbocycles. The summed E-state index contributed by atoms with van der Waals surface area (Å²) in [7, 11) is -3.75. The van der Waals surface area contributed by atoms with E-state index in [1.165, 1.54) is 23.7 Å². The average molecular weight is 465 g/mol. The van der Waals surface area contributed by atoms with Crippen molar-refractivity contribution in [1.82, 2.24) is 19.6 Å². The third-order valence-corrected chi connectivity index (χ3v) is 6.34. The van der Waals surface area contributed by atoms with Crippen molar-refractivity contribution in [3.05, 3.63) is 72.4 Å². The Morgan fingerprint density at radius 2 is 1.91 bits per heavy atom. The van der Waals surface area contributed by atoms with Crippen LogP contribution in [-0.2, 0) is 16.6 Å². The van der Waals surface area contributed by atoms with Gasteiger partial charge in [0.25, 0.3) is 0 Å². The molecule has 0 aliphatic heterocycles. The summed E-state index contributed by atoms with van der Waals surface area (Å²) in [6.45, 7) is 0.370. The molecule has 2 aromatic heterocycles. The van der Waals surface area contributed by atoms with E-state index < -0.39 is 10.0 Å². The Balaban J connectivity index is 1.38. The van der Waals surface area contributed by atoms with Gasteiger partial charge in [-0.2, -0.15) is 0 Å². The molecular weight excluding hydrogens is 448 g/mol. The van der Waals surface area contributed by atoms with Gasteiger partial charge in [0, 0.05) is 17.3 Å². The second kappa shape index (κ2) is 8.11. The van der Waals surface area contributed by atoms with E-state index in [0.29, 0.717) is 29.5 Å². The Kier molecular flexibility index (Phi) is 5.13. The summed E-state index contributed by atoms with van der Waals surface area (Å²) < 4.78 is 33.8. The molecule has 5 aromatic rings. The van der Waals surface area contributed by atoms with Crippen molar-refractivity contribution >= 4 is 54.3 Å². The molecule has 0 radical (unpaired) electrons. The number of ether oxygens (including phenoxy) is 1. The highest BCUT2D eigenvalue weighted by atomic mass is 32.2. The van der Waals surface area contributed by atoms with E-state index in [9.17, 15) is 8.42 Å². The molecule has 32 heavy (non-hydrogen) atoms. The molecule has 0 fully saturated rings. The number of para-hydroxylation sites is 1. The monoisotopic (exact) mass is 464 g/mol. The van der Waals surface area contributed by atoms with Crippen molar-refractivity contribution in [2.24, 2.45) is 5.14 Å². The molecule has 0 aliphatic carbocycles. The number of nitrogens with two attached hydrogens (primary N) is 1. The molecule has 0 saturated heterocycles. The molecule has 160 valence electrons. The third kappa shape index (κ3) is 4.21. The zero-order chi connectivity index (χ0) is 22.1. The Morgan fingerprint density at radius 3 is 2.72 bits per heavy atom. The minimum absolute atomic E-state index is 0.0328. The number of rotatable bonds is 6. The maximum Gasteiger partial charge on any atom is 0.238 e. The van der Waals surface area contributed by atoms with Crippen molar-refractivity contribution in [2.75, 3.05) is 5.32 Å². The lowest BCUT2D eigenvalue weighted by Crippen LogP contribution is -2.11. The number of hydrogen-bond acceptors (Lipinski definition) is 9. The van der Waals surface area contributed by atoms with Gasteiger partial charge in [-0.1, -0.05) is 22.7 Å². The van der Waals surface area contributed by atoms with E-state index in [0.717, 1.165) is 21.2 Å². The summed E-state index contributed by atoms with van der Waals surface area (Å²) in [5.74, 6) is 0.981. The van der Waals surface area contributed by atoms with Crippen LogP contribution in [0.3, 0.4) is 0 Å². The summed E-state index contributed by atoms with van der Waals surface area (Å²) in [5.41, 5.74) is 3.15. The summed E-state index contributed by atoms with van der Waals surface area (Å²) in [6.07, 6.45) is 1.70. The van der Waals surface area contributed by atoms with E-state index in [1.54, 1.807) is 18.3 Å². The molecule has 0 atom stereocenters. The molecule has 2 heterocycles. The number of hydrogen-bond donors (Lipinski definition) is 2. The quantitative estimate of drug-likeness (QED) is 0.389. The second-order valence-corrected chi connectivity index (χ2v) is 9.29. The van der Waals surface area contributed by atoms with Crippen molar-refractivity contribution in [2.45, 2.75) is 11.5 Å². The highest BCUT2D eigenvalue weighted by Crippen LogP contribution is 2.27. The summed E-state index contributed by atoms with van der Waals surface area (Å²) in [4.78, 5) is 8.95. The third-order valence-electron chi connectivity index (χ3n) is 4.72. The molecule has 0 bridgehead atoms. The summed E-state index contributed by atoms with van der Waals surface area (Å²) in [6, 6.07) is 17.6. The first kappa shape index (κ1) is 20.2. The maximum absolute atomic E-state index is 11.4. The van der Waals surface area contributed by atoms with Crippen LogP contribution in [0.1, 0.15) is 5.56 Å². The topological polar surface area (TPSA) is 133 Å². The normalized spacial score (nSPS) is 11.7. The number of nitrogens with zero attached hydrogens (tertiary/aromatic N) is 4. The molecular formula is C21H16N6O3S2. The molecule has 0 saturated carbocycles. The van der Waals surface area contributed by atoms with Gasteiger partial charge in [0.05, 0.1) is 9.60 Å². The zero-order valence-corrected chi connectivity index (χ0v) is 18.1. The molecule has 0 unspecified atom stereocenters. The van der Waals surface area contributed by atoms with Crippen molar-refractivity contribution in [1.29, 1.82) is 0 Å². The smallest absolute Gasteiger partial charge is 0.238 e. The molecule has 0 aliphatic rings. The molecule has 9 nitrogen and oxygen atoms in total. The van der Waals surface area contributed by atoms with E-state index in [4.69, 9.17) is 9.88 Å².